The van der Waals surface area contributed by atoms with Crippen molar-refractivity contribution < 1.29 is 9.21 Å². The fourth-order valence-electron chi connectivity index (χ4n) is 3.51. The van der Waals surface area contributed by atoms with Gasteiger partial charge in [-0.05, 0) is 50.1 Å². The van der Waals surface area contributed by atoms with Crippen molar-refractivity contribution in [1.29, 1.82) is 0 Å². The summed E-state index contributed by atoms with van der Waals surface area (Å²) in [7, 11) is 0. The van der Waals surface area contributed by atoms with Crippen LogP contribution in [0.2, 0.25) is 0 Å². The molecule has 1 unspecified atom stereocenters. The number of thioether (sulfide) groups is 1. The maximum Gasteiger partial charge on any atom is 0.226 e. The van der Waals surface area contributed by atoms with Gasteiger partial charge in [-0.3, -0.25) is 4.79 Å². The second kappa shape index (κ2) is 9.26. The number of nitrogens with one attached hydrogen (secondary N) is 1. The van der Waals surface area contributed by atoms with Crippen molar-refractivity contribution >= 4 is 23.6 Å². The molecular weight excluding hydrogens is 360 g/mol. The maximum absolute atomic E-state index is 12.5. The first-order chi connectivity index (χ1) is 13.1. The van der Waals surface area contributed by atoms with Crippen LogP contribution in [0, 0.1) is 11.8 Å². The molecule has 1 aliphatic rings. The molecule has 7 heteroatoms. The number of carbonyl (C=O) groups is 1. The van der Waals surface area contributed by atoms with Crippen LogP contribution in [0.3, 0.4) is 0 Å². The van der Waals surface area contributed by atoms with Gasteiger partial charge in [0.2, 0.25) is 11.9 Å². The summed E-state index contributed by atoms with van der Waals surface area (Å²) in [6.45, 7) is 5.90. The van der Waals surface area contributed by atoms with Crippen LogP contribution in [-0.4, -0.2) is 41.3 Å². The van der Waals surface area contributed by atoms with Crippen LogP contribution in [0.1, 0.15) is 32.4 Å². The normalized spacial score (nSPS) is 17.5. The van der Waals surface area contributed by atoms with Gasteiger partial charge in [-0.2, -0.15) is 0 Å². The minimum absolute atomic E-state index is 0.0948. The topological polar surface area (TPSA) is 71.3 Å². The minimum Gasteiger partial charge on any atom is -0.469 e. The fourth-order valence-corrected chi connectivity index (χ4v) is 3.88. The molecule has 2 aromatic heterocycles. The van der Waals surface area contributed by atoms with Gasteiger partial charge in [0.05, 0.1) is 6.26 Å². The molecule has 27 heavy (non-hydrogen) atoms. The summed E-state index contributed by atoms with van der Waals surface area (Å²) in [5, 5.41) is 4.19. The maximum atomic E-state index is 12.5. The van der Waals surface area contributed by atoms with Gasteiger partial charge in [0.15, 0.2) is 0 Å². The largest absolute Gasteiger partial charge is 0.469 e. The third-order valence-electron chi connectivity index (χ3n) is 5.26. The van der Waals surface area contributed by atoms with Gasteiger partial charge >= 0.3 is 0 Å². The van der Waals surface area contributed by atoms with Gasteiger partial charge in [0, 0.05) is 37.7 Å². The molecular formula is C20H28N4O2S. The molecule has 1 aliphatic heterocycles. The Labute approximate surface area is 165 Å². The highest BCUT2D eigenvalue weighted by molar-refractivity contribution is 7.98. The van der Waals surface area contributed by atoms with Crippen molar-refractivity contribution in [2.45, 2.75) is 44.2 Å². The Hall–Kier alpha value is -2.02. The monoisotopic (exact) mass is 388 g/mol. The molecule has 0 spiro atoms. The molecule has 2 atom stereocenters. The van der Waals surface area contributed by atoms with Crippen molar-refractivity contribution in [3.05, 3.63) is 36.4 Å². The van der Waals surface area contributed by atoms with Gasteiger partial charge in [0.1, 0.15) is 10.8 Å². The summed E-state index contributed by atoms with van der Waals surface area (Å²) in [6.07, 6.45) is 8.18. The van der Waals surface area contributed by atoms with E-state index in [2.05, 4.69) is 27.1 Å². The SMILES string of the molecule is CSc1ccnc(N2CCC([C@@H](C)NC(=O)C(C)Cc3ccco3)CC2)n1. The number of amides is 1. The van der Waals surface area contributed by atoms with Crippen molar-refractivity contribution in [3.63, 3.8) is 0 Å². The van der Waals surface area contributed by atoms with Gasteiger partial charge < -0.3 is 14.6 Å². The fraction of sp³-hybridized carbons (Fsp3) is 0.550. The molecule has 1 amide bonds. The number of hydrogen-bond donors (Lipinski definition) is 1. The molecule has 1 fully saturated rings. The number of nitrogens with zero attached hydrogens (tertiary/aromatic N) is 3. The Morgan fingerprint density at radius 3 is 2.81 bits per heavy atom. The van der Waals surface area contributed by atoms with Crippen LogP contribution < -0.4 is 10.2 Å². The molecule has 1 saturated heterocycles. The summed E-state index contributed by atoms with van der Waals surface area (Å²) in [6, 6.07) is 5.87. The summed E-state index contributed by atoms with van der Waals surface area (Å²) in [5.41, 5.74) is 0. The standard InChI is InChI=1S/C20H28N4O2S/c1-14(13-17-5-4-12-26-17)19(25)22-15(2)16-7-10-24(11-8-16)20-21-9-6-18(23-20)27-3/h4-6,9,12,14-16H,7-8,10-11,13H2,1-3H3,(H,22,25)/t14?,15-/m1/s1. The van der Waals surface area contributed by atoms with E-state index in [1.807, 2.05) is 37.6 Å². The Kier molecular flexibility index (Phi) is 6.77. The van der Waals surface area contributed by atoms with Gasteiger partial charge in [-0.1, -0.05) is 6.92 Å². The lowest BCUT2D eigenvalue weighted by molar-refractivity contribution is -0.125. The average molecular weight is 389 g/mol. The molecule has 2 aromatic rings. The molecule has 0 aromatic carbocycles. The number of anilines is 1. The molecule has 6 nitrogen and oxygen atoms in total. The summed E-state index contributed by atoms with van der Waals surface area (Å²) >= 11 is 1.63. The van der Waals surface area contributed by atoms with Crippen LogP contribution >= 0.6 is 11.8 Å². The van der Waals surface area contributed by atoms with Gasteiger partial charge in [-0.25, -0.2) is 9.97 Å². The van der Waals surface area contributed by atoms with Crippen LogP contribution in [0.5, 0.6) is 0 Å². The predicted molar refractivity (Wildman–Crippen MR) is 108 cm³/mol. The van der Waals surface area contributed by atoms with Crippen molar-refractivity contribution in [2.24, 2.45) is 11.8 Å². The zero-order valence-corrected chi connectivity index (χ0v) is 17.0. The first-order valence-corrected chi connectivity index (χ1v) is 10.7. The lowest BCUT2D eigenvalue weighted by Gasteiger charge is -2.35. The zero-order valence-electron chi connectivity index (χ0n) is 16.2. The lowest BCUT2D eigenvalue weighted by atomic mass is 9.90. The predicted octanol–water partition coefficient (Wildman–Crippen LogP) is 3.39. The van der Waals surface area contributed by atoms with Crippen LogP contribution in [0.25, 0.3) is 0 Å². The lowest BCUT2D eigenvalue weighted by Crippen LogP contribution is -2.45. The van der Waals surface area contributed by atoms with E-state index in [0.29, 0.717) is 12.3 Å². The summed E-state index contributed by atoms with van der Waals surface area (Å²) in [4.78, 5) is 23.7. The first-order valence-electron chi connectivity index (χ1n) is 9.51. The van der Waals surface area contributed by atoms with Gasteiger partial charge in [-0.15, -0.1) is 11.8 Å². The highest BCUT2D eigenvalue weighted by atomic mass is 32.2. The Morgan fingerprint density at radius 2 is 2.15 bits per heavy atom. The summed E-state index contributed by atoms with van der Waals surface area (Å²) < 4.78 is 5.35. The van der Waals surface area contributed by atoms with E-state index in [4.69, 9.17) is 4.42 Å². The molecule has 146 valence electrons. The number of piperidine rings is 1. The second-order valence-corrected chi connectivity index (χ2v) is 8.03. The molecule has 3 heterocycles. The quantitative estimate of drug-likeness (QED) is 0.579. The number of carbonyl (C=O) groups excluding carboxylic acids is 1. The number of rotatable bonds is 7. The molecule has 3 rings (SSSR count). The molecule has 0 aliphatic carbocycles. The van der Waals surface area contributed by atoms with E-state index in [-0.39, 0.29) is 17.9 Å². The van der Waals surface area contributed by atoms with Crippen LogP contribution in [0.4, 0.5) is 5.95 Å². The average Bonchev–Trinajstić information content (AvgIpc) is 3.21. The van der Waals surface area contributed by atoms with Crippen molar-refractivity contribution in [2.75, 3.05) is 24.2 Å². The zero-order chi connectivity index (χ0) is 19.2. The van der Waals surface area contributed by atoms with E-state index in [1.54, 1.807) is 18.0 Å². The Bertz CT molecular complexity index is 729. The van der Waals surface area contributed by atoms with Crippen molar-refractivity contribution in [1.82, 2.24) is 15.3 Å². The van der Waals surface area contributed by atoms with E-state index < -0.39 is 0 Å². The third-order valence-corrected chi connectivity index (χ3v) is 5.91. The highest BCUT2D eigenvalue weighted by Crippen LogP contribution is 2.24. The molecule has 1 N–H and O–H groups in total. The van der Waals surface area contributed by atoms with E-state index in [9.17, 15) is 4.79 Å². The number of aromatic nitrogens is 2. The highest BCUT2D eigenvalue weighted by Gasteiger charge is 2.27. The van der Waals surface area contributed by atoms with E-state index >= 15 is 0 Å². The first kappa shape index (κ1) is 19.7. The minimum atomic E-state index is -0.0960. The van der Waals surface area contributed by atoms with Crippen LogP contribution in [0.15, 0.2) is 40.1 Å². The Morgan fingerprint density at radius 1 is 1.37 bits per heavy atom. The van der Waals surface area contributed by atoms with E-state index in [1.165, 1.54) is 0 Å². The molecule has 0 bridgehead atoms. The smallest absolute Gasteiger partial charge is 0.226 e. The number of furan rings is 1. The second-order valence-electron chi connectivity index (χ2n) is 7.21. The van der Waals surface area contributed by atoms with Crippen LogP contribution in [-0.2, 0) is 11.2 Å². The van der Waals surface area contributed by atoms with E-state index in [0.717, 1.165) is 42.7 Å². The summed E-state index contributed by atoms with van der Waals surface area (Å²) in [5.74, 6) is 2.14. The third kappa shape index (κ3) is 5.25. The number of hydrogen-bond acceptors (Lipinski definition) is 6. The van der Waals surface area contributed by atoms with Gasteiger partial charge in [0.25, 0.3) is 0 Å². The van der Waals surface area contributed by atoms with Crippen molar-refractivity contribution in [3.8, 4) is 0 Å². The Balaban J connectivity index is 1.47. The molecule has 0 saturated carbocycles. The molecule has 0 radical (unpaired) electrons.